The molecule has 0 saturated carbocycles. The summed E-state index contributed by atoms with van der Waals surface area (Å²) in [6.07, 6.45) is 4.66. The van der Waals surface area contributed by atoms with Crippen molar-refractivity contribution in [1.29, 1.82) is 0 Å². The molecule has 0 fully saturated rings. The van der Waals surface area contributed by atoms with Gasteiger partial charge in [-0.1, -0.05) is 36.5 Å². The normalized spacial score (nSPS) is 10.7. The third-order valence-corrected chi connectivity index (χ3v) is 2.86. The largest absolute Gasteiger partial charge is 0.266 e. The van der Waals surface area contributed by atoms with Crippen molar-refractivity contribution in [3.63, 3.8) is 0 Å². The Morgan fingerprint density at radius 2 is 2.15 bits per heavy atom. The van der Waals surface area contributed by atoms with Crippen LogP contribution in [0.4, 0.5) is 4.39 Å². The van der Waals surface area contributed by atoms with E-state index in [1.807, 2.05) is 22.6 Å². The first-order valence-electron chi connectivity index (χ1n) is 4.50. The van der Waals surface area contributed by atoms with Crippen molar-refractivity contribution in [2.75, 3.05) is 0 Å². The maximum Gasteiger partial charge on any atom is 0.266 e. The Bertz CT molecular complexity index is 262. The van der Waals surface area contributed by atoms with Crippen molar-refractivity contribution in [3.8, 4) is 0 Å². The van der Waals surface area contributed by atoms with Crippen LogP contribution in [-0.2, 0) is 6.54 Å². The number of halogens is 2. The van der Waals surface area contributed by atoms with E-state index in [2.05, 4.69) is 17.2 Å². The average Bonchev–Trinajstić information content (AvgIpc) is 2.43. The predicted molar refractivity (Wildman–Crippen MR) is 56.8 cm³/mol. The fraction of sp³-hybridized carbons (Fsp3) is 0.750. The molecule has 0 spiro atoms. The van der Waals surface area contributed by atoms with Crippen LogP contribution in [0.2, 0.25) is 0 Å². The highest BCUT2D eigenvalue weighted by molar-refractivity contribution is 14.1. The molecule has 0 radical (unpaired) electrons. The molecule has 0 bridgehead atoms. The summed E-state index contributed by atoms with van der Waals surface area (Å²) in [4.78, 5) is 0. The molecule has 0 atom stereocenters. The Morgan fingerprint density at radius 1 is 1.38 bits per heavy atom. The van der Waals surface area contributed by atoms with Gasteiger partial charge in [-0.25, -0.2) is 4.68 Å². The summed E-state index contributed by atoms with van der Waals surface area (Å²) < 4.78 is 14.8. The third kappa shape index (κ3) is 3.21. The van der Waals surface area contributed by atoms with Crippen molar-refractivity contribution in [2.45, 2.75) is 39.2 Å². The molecule has 0 aliphatic carbocycles. The van der Waals surface area contributed by atoms with Gasteiger partial charge in [0.15, 0.2) is 3.70 Å². The molecule has 1 aromatic heterocycles. The minimum atomic E-state index is -0.462. The van der Waals surface area contributed by atoms with Gasteiger partial charge in [0, 0.05) is 6.54 Å². The molecule has 0 N–H and O–H groups in total. The fourth-order valence-corrected chi connectivity index (χ4v) is 1.56. The topological polar surface area (TPSA) is 30.7 Å². The van der Waals surface area contributed by atoms with E-state index < -0.39 is 5.95 Å². The van der Waals surface area contributed by atoms with Crippen molar-refractivity contribution in [3.05, 3.63) is 9.65 Å². The summed E-state index contributed by atoms with van der Waals surface area (Å²) in [6.45, 7) is 2.94. The van der Waals surface area contributed by atoms with E-state index >= 15 is 0 Å². The number of rotatable bonds is 5. The zero-order valence-electron chi connectivity index (χ0n) is 7.63. The lowest BCUT2D eigenvalue weighted by atomic mass is 10.2. The molecule has 1 aromatic rings. The average molecular weight is 297 g/mol. The van der Waals surface area contributed by atoms with E-state index in [0.29, 0.717) is 3.70 Å². The molecule has 1 rings (SSSR count). The highest BCUT2D eigenvalue weighted by Gasteiger charge is 2.07. The van der Waals surface area contributed by atoms with Crippen molar-refractivity contribution in [1.82, 2.24) is 15.0 Å². The van der Waals surface area contributed by atoms with Crippen LogP contribution < -0.4 is 0 Å². The van der Waals surface area contributed by atoms with E-state index in [-0.39, 0.29) is 0 Å². The molecule has 0 amide bonds. The summed E-state index contributed by atoms with van der Waals surface area (Å²) in [6, 6.07) is 0. The predicted octanol–water partition coefficient (Wildman–Crippen LogP) is 2.60. The standard InChI is InChI=1S/C8H13FIN3/c1-2-3-4-5-6-13-8(10)7(9)11-12-13/h2-6H2,1H3. The Balaban J connectivity index is 2.32. The minimum Gasteiger partial charge on any atom is -0.236 e. The van der Waals surface area contributed by atoms with Gasteiger partial charge in [0.2, 0.25) is 0 Å². The Kier molecular flexibility index (Phi) is 4.61. The molecule has 3 nitrogen and oxygen atoms in total. The van der Waals surface area contributed by atoms with Crippen LogP contribution in [0.1, 0.15) is 32.6 Å². The van der Waals surface area contributed by atoms with Crippen molar-refractivity contribution >= 4 is 22.6 Å². The first-order chi connectivity index (χ1) is 6.25. The fourth-order valence-electron chi connectivity index (χ4n) is 1.11. The van der Waals surface area contributed by atoms with Gasteiger partial charge >= 0.3 is 0 Å². The quantitative estimate of drug-likeness (QED) is 0.618. The Morgan fingerprint density at radius 3 is 2.69 bits per heavy atom. The zero-order chi connectivity index (χ0) is 9.68. The third-order valence-electron chi connectivity index (χ3n) is 1.86. The van der Waals surface area contributed by atoms with E-state index in [9.17, 15) is 4.39 Å². The number of aryl methyl sites for hydroxylation is 1. The smallest absolute Gasteiger partial charge is 0.236 e. The highest BCUT2D eigenvalue weighted by atomic mass is 127. The monoisotopic (exact) mass is 297 g/mol. The van der Waals surface area contributed by atoms with Crippen LogP contribution in [0.25, 0.3) is 0 Å². The lowest BCUT2D eigenvalue weighted by Crippen LogP contribution is -2.02. The number of hydrogen-bond donors (Lipinski definition) is 0. The minimum absolute atomic E-state index is 0.462. The summed E-state index contributed by atoms with van der Waals surface area (Å²) in [7, 11) is 0. The number of aromatic nitrogens is 3. The lowest BCUT2D eigenvalue weighted by molar-refractivity contribution is 0.519. The molecule has 13 heavy (non-hydrogen) atoms. The van der Waals surface area contributed by atoms with Gasteiger partial charge in [0.05, 0.1) is 0 Å². The van der Waals surface area contributed by atoms with E-state index in [0.717, 1.165) is 13.0 Å². The molecule has 5 heteroatoms. The van der Waals surface area contributed by atoms with Crippen LogP contribution in [0.15, 0.2) is 0 Å². The van der Waals surface area contributed by atoms with E-state index in [1.165, 1.54) is 19.3 Å². The SMILES string of the molecule is CCCCCCn1nnc(F)c1I. The first kappa shape index (κ1) is 10.9. The molecule has 0 aliphatic rings. The maximum atomic E-state index is 12.7. The maximum absolute atomic E-state index is 12.7. The number of unbranched alkanes of at least 4 members (excludes halogenated alkanes) is 3. The highest BCUT2D eigenvalue weighted by Crippen LogP contribution is 2.08. The molecule has 0 saturated heterocycles. The summed E-state index contributed by atoms with van der Waals surface area (Å²) in [5.74, 6) is -0.462. The van der Waals surface area contributed by atoms with Gasteiger partial charge in [0.1, 0.15) is 0 Å². The molecule has 0 aromatic carbocycles. The van der Waals surface area contributed by atoms with E-state index in [4.69, 9.17) is 0 Å². The van der Waals surface area contributed by atoms with Crippen LogP contribution in [0.3, 0.4) is 0 Å². The van der Waals surface area contributed by atoms with Crippen LogP contribution >= 0.6 is 22.6 Å². The van der Waals surface area contributed by atoms with Gasteiger partial charge < -0.3 is 0 Å². The van der Waals surface area contributed by atoms with Crippen molar-refractivity contribution < 1.29 is 4.39 Å². The second-order valence-corrected chi connectivity index (χ2v) is 3.98. The first-order valence-corrected chi connectivity index (χ1v) is 5.58. The second kappa shape index (κ2) is 5.51. The summed E-state index contributed by atoms with van der Waals surface area (Å²) in [5.41, 5.74) is 0. The Labute approximate surface area is 90.8 Å². The molecular weight excluding hydrogens is 284 g/mol. The molecular formula is C8H13FIN3. The number of hydrogen-bond acceptors (Lipinski definition) is 2. The molecule has 0 unspecified atom stereocenters. The van der Waals surface area contributed by atoms with Crippen molar-refractivity contribution in [2.24, 2.45) is 0 Å². The van der Waals surface area contributed by atoms with Gasteiger partial charge in [-0.3, -0.25) is 0 Å². The number of nitrogens with zero attached hydrogens (tertiary/aromatic N) is 3. The summed E-state index contributed by atoms with van der Waals surface area (Å²) in [5, 5.41) is 7.05. The van der Waals surface area contributed by atoms with Gasteiger partial charge in [0.25, 0.3) is 5.95 Å². The molecule has 1 heterocycles. The molecule has 74 valence electrons. The van der Waals surface area contributed by atoms with Crippen LogP contribution in [0.5, 0.6) is 0 Å². The van der Waals surface area contributed by atoms with Gasteiger partial charge in [-0.15, -0.1) is 0 Å². The second-order valence-electron chi connectivity index (χ2n) is 2.95. The van der Waals surface area contributed by atoms with Crippen LogP contribution in [0, 0.1) is 9.65 Å². The van der Waals surface area contributed by atoms with Crippen LogP contribution in [-0.4, -0.2) is 15.0 Å². The zero-order valence-corrected chi connectivity index (χ0v) is 9.79. The van der Waals surface area contributed by atoms with Gasteiger partial charge in [-0.2, -0.15) is 4.39 Å². The summed E-state index contributed by atoms with van der Waals surface area (Å²) >= 11 is 1.92. The Hall–Kier alpha value is -0.200. The van der Waals surface area contributed by atoms with Gasteiger partial charge in [-0.05, 0) is 29.0 Å². The molecule has 0 aliphatic heterocycles. The lowest BCUT2D eigenvalue weighted by Gasteiger charge is -2.00. The van der Waals surface area contributed by atoms with E-state index in [1.54, 1.807) is 4.68 Å².